The summed E-state index contributed by atoms with van der Waals surface area (Å²) in [6.07, 6.45) is 2.16. The zero-order valence-electron chi connectivity index (χ0n) is 15.3. The highest BCUT2D eigenvalue weighted by Crippen LogP contribution is 2.31. The average Bonchev–Trinajstić information content (AvgIpc) is 2.71. The number of carbonyl (C=O) groups is 1. The number of hydrogen-bond acceptors (Lipinski definition) is 3. The van der Waals surface area contributed by atoms with Crippen molar-refractivity contribution in [3.63, 3.8) is 0 Å². The van der Waals surface area contributed by atoms with E-state index in [0.29, 0.717) is 15.8 Å². The number of benzene rings is 3. The molecule has 0 atom stereocenters. The molecule has 0 unspecified atom stereocenters. The number of carboxylic acids is 1. The van der Waals surface area contributed by atoms with Crippen LogP contribution in [-0.4, -0.2) is 23.4 Å². The maximum Gasteiger partial charge on any atom is 0.341 e. The number of rotatable bonds is 8. The molecule has 0 aliphatic carbocycles. The van der Waals surface area contributed by atoms with E-state index in [1.165, 1.54) is 0 Å². The lowest BCUT2D eigenvalue weighted by Crippen LogP contribution is -2.09. The van der Waals surface area contributed by atoms with E-state index in [2.05, 4.69) is 18.2 Å². The first-order valence-corrected chi connectivity index (χ1v) is 10.6. The minimum atomic E-state index is -1.04. The Kier molecular flexibility index (Phi) is 7.64. The van der Waals surface area contributed by atoms with Gasteiger partial charge in [0, 0.05) is 15.7 Å². The molecule has 0 radical (unpaired) electrons. The van der Waals surface area contributed by atoms with Crippen molar-refractivity contribution in [2.45, 2.75) is 4.90 Å². The minimum absolute atomic E-state index is 0.359. The minimum Gasteiger partial charge on any atom is -0.480 e. The second-order valence-corrected chi connectivity index (χ2v) is 8.02. The van der Waals surface area contributed by atoms with Crippen LogP contribution in [0.5, 0.6) is 5.75 Å². The van der Waals surface area contributed by atoms with Gasteiger partial charge in [0.2, 0.25) is 0 Å². The average molecular weight is 445 g/mol. The summed E-state index contributed by atoms with van der Waals surface area (Å²) in [6, 6.07) is 23.3. The Morgan fingerprint density at radius 2 is 1.72 bits per heavy atom. The van der Waals surface area contributed by atoms with Gasteiger partial charge < -0.3 is 9.84 Å². The van der Waals surface area contributed by atoms with Crippen molar-refractivity contribution in [3.05, 3.63) is 100 Å². The van der Waals surface area contributed by atoms with E-state index in [4.69, 9.17) is 33.0 Å². The fourth-order valence-electron chi connectivity index (χ4n) is 2.73. The van der Waals surface area contributed by atoms with Crippen LogP contribution < -0.4 is 4.74 Å². The molecule has 0 bridgehead atoms. The van der Waals surface area contributed by atoms with Gasteiger partial charge >= 0.3 is 5.97 Å². The van der Waals surface area contributed by atoms with Crippen LogP contribution in [0.2, 0.25) is 10.0 Å². The molecule has 1 N–H and O–H groups in total. The van der Waals surface area contributed by atoms with E-state index in [9.17, 15) is 4.79 Å². The summed E-state index contributed by atoms with van der Waals surface area (Å²) in [6.45, 7) is -0.422. The van der Waals surface area contributed by atoms with E-state index >= 15 is 0 Å². The molecule has 3 nitrogen and oxygen atoms in total. The fraction of sp³-hybridized carbons (Fsp3) is 0.0870. The van der Waals surface area contributed by atoms with Crippen molar-refractivity contribution in [1.82, 2.24) is 0 Å². The highest BCUT2D eigenvalue weighted by atomic mass is 35.5. The summed E-state index contributed by atoms with van der Waals surface area (Å²) in [5.74, 6) is 0.0412. The third kappa shape index (κ3) is 6.29. The summed E-state index contributed by atoms with van der Waals surface area (Å²) >= 11 is 14.0. The largest absolute Gasteiger partial charge is 0.480 e. The van der Waals surface area contributed by atoms with Gasteiger partial charge in [-0.3, -0.25) is 0 Å². The Morgan fingerprint density at radius 3 is 2.41 bits per heavy atom. The molecule has 0 spiro atoms. The molecule has 3 rings (SSSR count). The lowest BCUT2D eigenvalue weighted by Gasteiger charge is -2.10. The fourth-order valence-corrected chi connectivity index (χ4v) is 4.02. The Balaban J connectivity index is 1.76. The van der Waals surface area contributed by atoms with Crippen LogP contribution in [0, 0.1) is 0 Å². The van der Waals surface area contributed by atoms with Gasteiger partial charge in [-0.15, -0.1) is 11.8 Å². The monoisotopic (exact) mass is 444 g/mol. The molecule has 29 heavy (non-hydrogen) atoms. The summed E-state index contributed by atoms with van der Waals surface area (Å²) in [5.41, 5.74) is 3.28. The maximum absolute atomic E-state index is 10.6. The lowest BCUT2D eigenvalue weighted by atomic mass is 9.98. The molecule has 3 aromatic carbocycles. The van der Waals surface area contributed by atoms with Crippen molar-refractivity contribution >= 4 is 46.5 Å². The predicted octanol–water partition coefficient (Wildman–Crippen LogP) is 6.68. The number of aliphatic carboxylic acids is 1. The standard InChI is InChI=1S/C23H18Cl2O3S/c24-18-8-4-7-17(13-18)20(16-5-2-1-3-6-16)11-12-29-19-9-10-22(21(25)14-19)28-15-23(26)27/h1-11,13-14H,12,15H2,(H,26,27)/b20-11-. The quantitative estimate of drug-likeness (QED) is 0.393. The highest BCUT2D eigenvalue weighted by Gasteiger charge is 2.08. The van der Waals surface area contributed by atoms with Gasteiger partial charge in [-0.05, 0) is 47.0 Å². The molecule has 0 fully saturated rings. The molecule has 0 aromatic heterocycles. The highest BCUT2D eigenvalue weighted by molar-refractivity contribution is 7.99. The summed E-state index contributed by atoms with van der Waals surface area (Å²) < 4.78 is 5.16. The Morgan fingerprint density at radius 1 is 0.966 bits per heavy atom. The van der Waals surface area contributed by atoms with Gasteiger partial charge in [0.1, 0.15) is 5.75 Å². The van der Waals surface area contributed by atoms with Crippen molar-refractivity contribution in [2.24, 2.45) is 0 Å². The number of ether oxygens (including phenoxy) is 1. The van der Waals surface area contributed by atoms with Gasteiger partial charge in [-0.1, -0.05) is 71.7 Å². The molecule has 0 saturated carbocycles. The first kappa shape index (κ1) is 21.3. The predicted molar refractivity (Wildman–Crippen MR) is 120 cm³/mol. The van der Waals surface area contributed by atoms with Crippen molar-refractivity contribution in [2.75, 3.05) is 12.4 Å². The topological polar surface area (TPSA) is 46.5 Å². The van der Waals surface area contributed by atoms with Gasteiger partial charge in [-0.2, -0.15) is 0 Å². The smallest absolute Gasteiger partial charge is 0.341 e. The third-order valence-electron chi connectivity index (χ3n) is 4.01. The SMILES string of the molecule is O=C(O)COc1ccc(SC/C=C(/c2ccccc2)c2cccc(Cl)c2)cc1Cl. The zero-order valence-corrected chi connectivity index (χ0v) is 17.7. The number of hydrogen-bond donors (Lipinski definition) is 1. The van der Waals surface area contributed by atoms with Crippen LogP contribution in [0.15, 0.2) is 83.8 Å². The van der Waals surface area contributed by atoms with Gasteiger partial charge in [0.15, 0.2) is 6.61 Å². The number of thioether (sulfide) groups is 1. The van der Waals surface area contributed by atoms with Crippen molar-refractivity contribution in [1.29, 1.82) is 0 Å². The molecule has 0 saturated heterocycles. The molecule has 0 amide bonds. The van der Waals surface area contributed by atoms with E-state index in [-0.39, 0.29) is 0 Å². The number of carboxylic acid groups (broad SMARTS) is 1. The van der Waals surface area contributed by atoms with E-state index in [1.807, 2.05) is 48.5 Å². The first-order chi connectivity index (χ1) is 14.0. The second kappa shape index (κ2) is 10.4. The molecule has 0 heterocycles. The van der Waals surface area contributed by atoms with E-state index in [0.717, 1.165) is 27.3 Å². The molecular formula is C23H18Cl2O3S. The summed E-state index contributed by atoms with van der Waals surface area (Å²) in [4.78, 5) is 11.6. The van der Waals surface area contributed by atoms with Gasteiger partial charge in [0.25, 0.3) is 0 Å². The molecule has 6 heteroatoms. The normalized spacial score (nSPS) is 11.3. The zero-order chi connectivity index (χ0) is 20.6. The number of halogens is 2. The van der Waals surface area contributed by atoms with Crippen LogP contribution in [0.1, 0.15) is 11.1 Å². The van der Waals surface area contributed by atoms with Crippen LogP contribution in [-0.2, 0) is 4.79 Å². The summed E-state index contributed by atoms with van der Waals surface area (Å²) in [5, 5.41) is 9.79. The van der Waals surface area contributed by atoms with Crippen LogP contribution >= 0.6 is 35.0 Å². The maximum atomic E-state index is 10.6. The molecular weight excluding hydrogens is 427 g/mol. The van der Waals surface area contributed by atoms with Crippen molar-refractivity contribution < 1.29 is 14.6 Å². The Hall–Kier alpha value is -2.40. The molecule has 148 valence electrons. The van der Waals surface area contributed by atoms with Crippen LogP contribution in [0.3, 0.4) is 0 Å². The third-order valence-corrected chi connectivity index (χ3v) is 5.46. The second-order valence-electron chi connectivity index (χ2n) is 6.08. The van der Waals surface area contributed by atoms with Crippen molar-refractivity contribution in [3.8, 4) is 5.75 Å². The van der Waals surface area contributed by atoms with Gasteiger partial charge in [0.05, 0.1) is 5.02 Å². The molecule has 0 aliphatic rings. The van der Waals surface area contributed by atoms with Crippen LogP contribution in [0.4, 0.5) is 0 Å². The summed E-state index contributed by atoms with van der Waals surface area (Å²) in [7, 11) is 0. The molecule has 3 aromatic rings. The van der Waals surface area contributed by atoms with E-state index < -0.39 is 12.6 Å². The Bertz CT molecular complexity index is 1020. The first-order valence-electron chi connectivity index (χ1n) is 8.81. The Labute approximate surface area is 183 Å². The van der Waals surface area contributed by atoms with Gasteiger partial charge in [-0.25, -0.2) is 4.79 Å². The van der Waals surface area contributed by atoms with E-state index in [1.54, 1.807) is 23.9 Å². The van der Waals surface area contributed by atoms with Crippen LogP contribution in [0.25, 0.3) is 5.57 Å². The molecule has 0 aliphatic heterocycles. The lowest BCUT2D eigenvalue weighted by molar-refractivity contribution is -0.139.